The van der Waals surface area contributed by atoms with E-state index in [0.717, 1.165) is 24.9 Å². The van der Waals surface area contributed by atoms with Gasteiger partial charge in [-0.15, -0.1) is 0 Å². The molecule has 0 aliphatic rings. The molecule has 0 aromatic heterocycles. The number of phenols is 1. The van der Waals surface area contributed by atoms with E-state index < -0.39 is 0 Å². The number of aryl methyl sites for hydroxylation is 2. The molecule has 0 unspecified atom stereocenters. The van der Waals surface area contributed by atoms with Crippen LogP contribution in [0.1, 0.15) is 45.2 Å². The summed E-state index contributed by atoms with van der Waals surface area (Å²) in [6.45, 7) is 12.1. The Bertz CT molecular complexity index is 363. The van der Waals surface area contributed by atoms with Gasteiger partial charge < -0.3 is 5.11 Å². The van der Waals surface area contributed by atoms with Gasteiger partial charge >= 0.3 is 0 Å². The number of aromatic hydroxyl groups is 1. The van der Waals surface area contributed by atoms with Crippen molar-refractivity contribution in [3.05, 3.63) is 29.3 Å². The van der Waals surface area contributed by atoms with Crippen molar-refractivity contribution in [2.45, 2.75) is 59.5 Å². The molecule has 2 nitrogen and oxygen atoms in total. The Morgan fingerprint density at radius 2 is 1.72 bits per heavy atom. The van der Waals surface area contributed by atoms with Gasteiger partial charge in [0, 0.05) is 12.1 Å². The molecule has 0 bridgehead atoms. The van der Waals surface area contributed by atoms with Crippen molar-refractivity contribution in [2.24, 2.45) is 0 Å². The summed E-state index contributed by atoms with van der Waals surface area (Å²) in [6.07, 6.45) is 2.04. The third-order valence-electron chi connectivity index (χ3n) is 3.42. The van der Waals surface area contributed by atoms with Crippen molar-refractivity contribution in [3.8, 4) is 5.75 Å². The lowest BCUT2D eigenvalue weighted by Crippen LogP contribution is -2.37. The zero-order valence-electron chi connectivity index (χ0n) is 12.4. The lowest BCUT2D eigenvalue weighted by Gasteiger charge is -2.30. The predicted octanol–water partition coefficient (Wildman–Crippen LogP) is 3.75. The molecule has 1 N–H and O–H groups in total. The zero-order valence-corrected chi connectivity index (χ0v) is 12.4. The third kappa shape index (κ3) is 4.34. The maximum atomic E-state index is 9.80. The van der Waals surface area contributed by atoms with Crippen molar-refractivity contribution in [2.75, 3.05) is 6.54 Å². The Morgan fingerprint density at radius 3 is 2.28 bits per heavy atom. The van der Waals surface area contributed by atoms with Crippen LogP contribution in [0.25, 0.3) is 0 Å². The number of benzene rings is 1. The summed E-state index contributed by atoms with van der Waals surface area (Å²) in [5.74, 6) is 0.432. The Morgan fingerprint density at radius 1 is 1.11 bits per heavy atom. The Labute approximate surface area is 112 Å². The number of phenolic OH excluding ortho intramolecular Hbond substituents is 1. The maximum absolute atomic E-state index is 9.80. The minimum Gasteiger partial charge on any atom is -0.508 e. The molecule has 1 aromatic rings. The Hall–Kier alpha value is -1.02. The molecule has 102 valence electrons. The van der Waals surface area contributed by atoms with Gasteiger partial charge in [-0.3, -0.25) is 4.90 Å². The molecule has 1 aromatic carbocycles. The second kappa shape index (κ2) is 6.79. The summed E-state index contributed by atoms with van der Waals surface area (Å²) < 4.78 is 0. The van der Waals surface area contributed by atoms with Crippen LogP contribution in [-0.2, 0) is 6.42 Å². The highest BCUT2D eigenvalue weighted by atomic mass is 16.3. The molecule has 0 saturated heterocycles. The van der Waals surface area contributed by atoms with E-state index in [1.165, 1.54) is 5.56 Å². The molecule has 2 heteroatoms. The van der Waals surface area contributed by atoms with Crippen molar-refractivity contribution >= 4 is 0 Å². The van der Waals surface area contributed by atoms with Crippen LogP contribution in [0.2, 0.25) is 0 Å². The maximum Gasteiger partial charge on any atom is 0.118 e. The van der Waals surface area contributed by atoms with Gasteiger partial charge in [0.05, 0.1) is 0 Å². The van der Waals surface area contributed by atoms with Crippen molar-refractivity contribution < 1.29 is 5.11 Å². The second-order valence-corrected chi connectivity index (χ2v) is 5.66. The highest BCUT2D eigenvalue weighted by molar-refractivity contribution is 5.35. The highest BCUT2D eigenvalue weighted by Crippen LogP contribution is 2.20. The van der Waals surface area contributed by atoms with E-state index in [0.29, 0.717) is 17.8 Å². The predicted molar refractivity (Wildman–Crippen MR) is 78.1 cm³/mol. The van der Waals surface area contributed by atoms with E-state index in [-0.39, 0.29) is 0 Å². The summed E-state index contributed by atoms with van der Waals surface area (Å²) in [6, 6.07) is 7.00. The lowest BCUT2D eigenvalue weighted by molar-refractivity contribution is 0.173. The molecule has 0 radical (unpaired) electrons. The average molecular weight is 249 g/mol. The van der Waals surface area contributed by atoms with E-state index in [1.54, 1.807) is 6.07 Å². The minimum atomic E-state index is 0.432. The van der Waals surface area contributed by atoms with E-state index >= 15 is 0 Å². The van der Waals surface area contributed by atoms with Gasteiger partial charge in [0.1, 0.15) is 5.75 Å². The zero-order chi connectivity index (χ0) is 13.7. The summed E-state index contributed by atoms with van der Waals surface area (Å²) >= 11 is 0. The lowest BCUT2D eigenvalue weighted by atomic mass is 10.0. The molecule has 0 spiro atoms. The first kappa shape index (κ1) is 15.0. The van der Waals surface area contributed by atoms with Crippen molar-refractivity contribution in [1.82, 2.24) is 4.90 Å². The first-order chi connectivity index (χ1) is 8.41. The smallest absolute Gasteiger partial charge is 0.118 e. The fourth-order valence-corrected chi connectivity index (χ4v) is 2.48. The Kier molecular flexibility index (Phi) is 5.67. The molecule has 0 amide bonds. The minimum absolute atomic E-state index is 0.432. The summed E-state index contributed by atoms with van der Waals surface area (Å²) in [4.78, 5) is 2.49. The van der Waals surface area contributed by atoms with Gasteiger partial charge in [-0.2, -0.15) is 0 Å². The number of hydrogen-bond donors (Lipinski definition) is 1. The number of nitrogens with zero attached hydrogens (tertiary/aromatic N) is 1. The molecule has 0 fully saturated rings. The second-order valence-electron chi connectivity index (χ2n) is 5.66. The number of hydrogen-bond acceptors (Lipinski definition) is 2. The topological polar surface area (TPSA) is 23.5 Å². The van der Waals surface area contributed by atoms with Crippen LogP contribution in [0, 0.1) is 6.92 Å². The van der Waals surface area contributed by atoms with Crippen LogP contribution in [0.5, 0.6) is 5.75 Å². The van der Waals surface area contributed by atoms with Crippen molar-refractivity contribution in [3.63, 3.8) is 0 Å². The highest BCUT2D eigenvalue weighted by Gasteiger charge is 2.12. The molecule has 0 heterocycles. The van der Waals surface area contributed by atoms with E-state index in [9.17, 15) is 5.11 Å². The van der Waals surface area contributed by atoms with Gasteiger partial charge in [0.25, 0.3) is 0 Å². The fourth-order valence-electron chi connectivity index (χ4n) is 2.48. The summed E-state index contributed by atoms with van der Waals surface area (Å²) in [5, 5.41) is 9.80. The van der Waals surface area contributed by atoms with Crippen LogP contribution in [0.4, 0.5) is 0 Å². The molecular weight excluding hydrogens is 222 g/mol. The first-order valence-corrected chi connectivity index (χ1v) is 6.96. The fraction of sp³-hybridized carbons (Fsp3) is 0.625. The molecule has 18 heavy (non-hydrogen) atoms. The number of rotatable bonds is 6. The van der Waals surface area contributed by atoms with Gasteiger partial charge in [-0.1, -0.05) is 17.7 Å². The molecule has 0 saturated carbocycles. The van der Waals surface area contributed by atoms with E-state index in [2.05, 4.69) is 45.6 Å². The standard InChI is InChI=1S/C16H27NO/c1-12(2)17(13(3)4)10-6-7-15-11-14(5)8-9-16(15)18/h8-9,11-13,18H,6-7,10H2,1-5H3. The Balaban J connectivity index is 2.52. The molecule has 0 aliphatic carbocycles. The quantitative estimate of drug-likeness (QED) is 0.830. The average Bonchev–Trinajstić information content (AvgIpc) is 2.27. The molecule has 1 rings (SSSR count). The van der Waals surface area contributed by atoms with Crippen LogP contribution in [0.3, 0.4) is 0 Å². The van der Waals surface area contributed by atoms with Gasteiger partial charge in [-0.05, 0) is 65.6 Å². The van der Waals surface area contributed by atoms with Crippen LogP contribution in [-0.4, -0.2) is 28.6 Å². The van der Waals surface area contributed by atoms with Crippen LogP contribution >= 0.6 is 0 Å². The van der Waals surface area contributed by atoms with Gasteiger partial charge in [0.2, 0.25) is 0 Å². The van der Waals surface area contributed by atoms with Gasteiger partial charge in [0.15, 0.2) is 0 Å². The summed E-state index contributed by atoms with van der Waals surface area (Å²) in [5.41, 5.74) is 2.29. The normalized spacial score (nSPS) is 11.8. The molecular formula is C16H27NO. The molecule has 0 aliphatic heterocycles. The first-order valence-electron chi connectivity index (χ1n) is 6.96. The third-order valence-corrected chi connectivity index (χ3v) is 3.42. The SMILES string of the molecule is Cc1ccc(O)c(CCCN(C(C)C)C(C)C)c1. The summed E-state index contributed by atoms with van der Waals surface area (Å²) in [7, 11) is 0. The van der Waals surface area contributed by atoms with Crippen molar-refractivity contribution in [1.29, 1.82) is 0 Å². The van der Waals surface area contributed by atoms with Crippen LogP contribution in [0.15, 0.2) is 18.2 Å². The molecule has 0 atom stereocenters. The monoisotopic (exact) mass is 249 g/mol. The largest absolute Gasteiger partial charge is 0.508 e. The van der Waals surface area contributed by atoms with Gasteiger partial charge in [-0.25, -0.2) is 0 Å². The van der Waals surface area contributed by atoms with Crippen LogP contribution < -0.4 is 0 Å². The van der Waals surface area contributed by atoms with E-state index in [1.807, 2.05) is 6.07 Å². The van der Waals surface area contributed by atoms with E-state index in [4.69, 9.17) is 0 Å².